The van der Waals surface area contributed by atoms with Crippen LogP contribution in [0.2, 0.25) is 0 Å². The van der Waals surface area contributed by atoms with Crippen LogP contribution in [-0.4, -0.2) is 15.0 Å². The molecule has 0 saturated heterocycles. The van der Waals surface area contributed by atoms with Crippen molar-refractivity contribution in [1.29, 1.82) is 0 Å². The van der Waals surface area contributed by atoms with Crippen LogP contribution in [0.1, 0.15) is 0 Å². The number of nitrogens with zero attached hydrogens (tertiary/aromatic N) is 3. The second-order valence-electron chi connectivity index (χ2n) is 4.11. The molecule has 3 rings (SSSR count). The molecule has 23 heavy (non-hydrogen) atoms. The number of rotatable bonds is 2. The predicted molar refractivity (Wildman–Crippen MR) is 86.7 cm³/mol. The van der Waals surface area contributed by atoms with Crippen molar-refractivity contribution in [3.8, 4) is 41.0 Å². The maximum absolute atomic E-state index is 5.97. The average molecular weight is 477 g/mol. The van der Waals surface area contributed by atoms with Crippen molar-refractivity contribution in [2.45, 2.75) is 0 Å². The van der Waals surface area contributed by atoms with Crippen LogP contribution in [0, 0.1) is 24.7 Å². The SMILES string of the molecule is [C-]#CC#C.[Pt].c1ccc(-c2cccc(-c3ccccn3)n2)nc1. The van der Waals surface area contributed by atoms with Crippen molar-refractivity contribution in [3.63, 3.8) is 0 Å². The van der Waals surface area contributed by atoms with E-state index < -0.39 is 0 Å². The van der Waals surface area contributed by atoms with E-state index in [-0.39, 0.29) is 21.1 Å². The molecule has 0 amide bonds. The monoisotopic (exact) mass is 477 g/mol. The van der Waals surface area contributed by atoms with Crippen molar-refractivity contribution in [1.82, 2.24) is 15.0 Å². The molecule has 0 spiro atoms. The fourth-order valence-corrected chi connectivity index (χ4v) is 1.75. The van der Waals surface area contributed by atoms with E-state index in [2.05, 4.69) is 21.4 Å². The molecule has 0 bridgehead atoms. The Balaban J connectivity index is 0.000000478. The van der Waals surface area contributed by atoms with Crippen LogP contribution in [0.25, 0.3) is 22.8 Å². The summed E-state index contributed by atoms with van der Waals surface area (Å²) in [6.07, 6.45) is 14.0. The molecule has 3 aromatic rings. The summed E-state index contributed by atoms with van der Waals surface area (Å²) in [7, 11) is 0. The number of aromatic nitrogens is 3. The molecule has 3 heterocycles. The van der Waals surface area contributed by atoms with E-state index in [0.717, 1.165) is 22.8 Å². The Morgan fingerprint density at radius 3 is 1.52 bits per heavy atom. The minimum atomic E-state index is 0. The molecule has 0 fully saturated rings. The van der Waals surface area contributed by atoms with E-state index in [1.165, 1.54) is 0 Å². The summed E-state index contributed by atoms with van der Waals surface area (Å²) in [4.78, 5) is 13.2. The average Bonchev–Trinajstić information content (AvgIpc) is 2.63. The van der Waals surface area contributed by atoms with Crippen LogP contribution in [-0.2, 0) is 21.1 Å². The zero-order valence-corrected chi connectivity index (χ0v) is 14.4. The molecule has 0 atom stereocenters. The molecule has 114 valence electrons. The van der Waals surface area contributed by atoms with E-state index in [4.69, 9.17) is 6.42 Å². The van der Waals surface area contributed by atoms with Gasteiger partial charge in [-0.05, 0) is 36.4 Å². The van der Waals surface area contributed by atoms with Gasteiger partial charge in [0, 0.05) is 33.5 Å². The van der Waals surface area contributed by atoms with Gasteiger partial charge in [0.15, 0.2) is 0 Å². The predicted octanol–water partition coefficient (Wildman–Crippen LogP) is 3.41. The summed E-state index contributed by atoms with van der Waals surface area (Å²) in [6, 6.07) is 17.5. The molecule has 0 unspecified atom stereocenters. The second-order valence-corrected chi connectivity index (χ2v) is 4.11. The number of pyridine rings is 3. The first-order valence-electron chi connectivity index (χ1n) is 6.52. The van der Waals surface area contributed by atoms with E-state index in [1.807, 2.05) is 60.5 Å². The Kier molecular flexibility index (Phi) is 8.01. The zero-order chi connectivity index (χ0) is 15.6. The van der Waals surface area contributed by atoms with E-state index in [0.29, 0.717) is 0 Å². The van der Waals surface area contributed by atoms with Crippen LogP contribution < -0.4 is 0 Å². The Bertz CT molecular complexity index is 737. The van der Waals surface area contributed by atoms with Gasteiger partial charge in [-0.3, -0.25) is 21.8 Å². The third-order valence-electron chi connectivity index (χ3n) is 2.68. The summed E-state index contributed by atoms with van der Waals surface area (Å²) in [5.41, 5.74) is 3.46. The first kappa shape index (κ1) is 18.3. The van der Waals surface area contributed by atoms with Gasteiger partial charge in [0.1, 0.15) is 0 Å². The van der Waals surface area contributed by atoms with Gasteiger partial charge < -0.3 is 6.42 Å². The normalized spacial score (nSPS) is 8.43. The first-order valence-corrected chi connectivity index (χ1v) is 6.52. The summed E-state index contributed by atoms with van der Waals surface area (Å²) in [5, 5.41) is 0. The van der Waals surface area contributed by atoms with Crippen LogP contribution in [0.3, 0.4) is 0 Å². The molecule has 0 aliphatic carbocycles. The Labute approximate surface area is 150 Å². The van der Waals surface area contributed by atoms with Gasteiger partial charge >= 0.3 is 0 Å². The molecule has 4 heteroatoms. The number of terminal acetylenes is 1. The molecular weight excluding hydrogens is 465 g/mol. The third-order valence-corrected chi connectivity index (χ3v) is 2.68. The van der Waals surface area contributed by atoms with Gasteiger partial charge in [0.05, 0.1) is 22.8 Å². The standard InChI is InChI=1S/C15H11N3.C4H.Pt/c1-3-10-16-12(6-1)14-8-5-9-15(18-14)13-7-2-4-11-17-13;1-3-4-2;/h1-11H;1H;/q;-1;. The van der Waals surface area contributed by atoms with Gasteiger partial charge in [-0.15, -0.1) is 0 Å². The van der Waals surface area contributed by atoms with Crippen LogP contribution >= 0.6 is 0 Å². The van der Waals surface area contributed by atoms with Crippen molar-refractivity contribution in [2.75, 3.05) is 0 Å². The van der Waals surface area contributed by atoms with Crippen LogP contribution in [0.15, 0.2) is 67.0 Å². The van der Waals surface area contributed by atoms with Gasteiger partial charge in [-0.1, -0.05) is 18.2 Å². The molecule has 0 aliphatic heterocycles. The molecule has 0 aromatic carbocycles. The molecule has 0 N–H and O–H groups in total. The van der Waals surface area contributed by atoms with E-state index >= 15 is 0 Å². The maximum atomic E-state index is 5.97. The number of hydrogen-bond acceptors (Lipinski definition) is 3. The van der Waals surface area contributed by atoms with E-state index in [1.54, 1.807) is 18.3 Å². The Morgan fingerprint density at radius 1 is 0.739 bits per heavy atom. The fraction of sp³-hybridized carbons (Fsp3) is 0. The second kappa shape index (κ2) is 10.1. The molecule has 0 saturated carbocycles. The first-order chi connectivity index (χ1) is 10.8. The third kappa shape index (κ3) is 5.51. The maximum Gasteiger partial charge on any atom is 0.0894 e. The van der Waals surface area contributed by atoms with Crippen molar-refractivity contribution < 1.29 is 21.1 Å². The van der Waals surface area contributed by atoms with Crippen molar-refractivity contribution in [2.24, 2.45) is 0 Å². The number of hydrogen-bond donors (Lipinski definition) is 0. The quantitative estimate of drug-likeness (QED) is 0.420. The summed E-state index contributed by atoms with van der Waals surface area (Å²) in [6.45, 7) is 0. The zero-order valence-electron chi connectivity index (χ0n) is 12.1. The van der Waals surface area contributed by atoms with Gasteiger partial charge in [0.25, 0.3) is 0 Å². The molecular formula is C19H12N3Pt-. The minimum Gasteiger partial charge on any atom is -0.358 e. The largest absolute Gasteiger partial charge is 0.358 e. The van der Waals surface area contributed by atoms with Crippen LogP contribution in [0.5, 0.6) is 0 Å². The molecule has 0 radical (unpaired) electrons. The smallest absolute Gasteiger partial charge is 0.0894 e. The van der Waals surface area contributed by atoms with Gasteiger partial charge in [-0.25, -0.2) is 11.4 Å². The molecule has 3 aromatic heterocycles. The van der Waals surface area contributed by atoms with Gasteiger partial charge in [-0.2, -0.15) is 0 Å². The Morgan fingerprint density at radius 2 is 1.17 bits per heavy atom. The van der Waals surface area contributed by atoms with E-state index in [9.17, 15) is 0 Å². The topological polar surface area (TPSA) is 38.7 Å². The summed E-state index contributed by atoms with van der Waals surface area (Å²) < 4.78 is 0. The van der Waals surface area contributed by atoms with Crippen molar-refractivity contribution >= 4 is 0 Å². The molecule has 3 nitrogen and oxygen atoms in total. The van der Waals surface area contributed by atoms with Crippen LogP contribution in [0.4, 0.5) is 0 Å². The van der Waals surface area contributed by atoms with Crippen molar-refractivity contribution in [3.05, 3.63) is 73.4 Å². The minimum absolute atomic E-state index is 0. The summed E-state index contributed by atoms with van der Waals surface area (Å²) >= 11 is 0. The molecule has 0 aliphatic rings. The Hall–Kier alpha value is -2.74. The fourth-order valence-electron chi connectivity index (χ4n) is 1.75. The summed E-state index contributed by atoms with van der Waals surface area (Å²) in [5.74, 6) is 3.56. The van der Waals surface area contributed by atoms with Gasteiger partial charge in [0.2, 0.25) is 0 Å².